The summed E-state index contributed by atoms with van der Waals surface area (Å²) in [7, 11) is 0. The molecule has 0 saturated carbocycles. The Hall–Kier alpha value is 0.0534. The number of aliphatic carboxylic acids is 1. The van der Waals surface area contributed by atoms with E-state index in [-0.39, 0.29) is 25.9 Å². The van der Waals surface area contributed by atoms with Crippen LogP contribution in [0, 0.1) is 0 Å². The van der Waals surface area contributed by atoms with Crippen LogP contribution in [0.25, 0.3) is 0 Å². The molecular formula is C8H13ClO3Zn. The molecule has 1 unspecified atom stereocenters. The van der Waals surface area contributed by atoms with Crippen LogP contribution in [0.15, 0.2) is 0 Å². The molecule has 0 aromatic heterocycles. The number of unbranched alkanes of at least 4 members (excludes halogenated alkanes) is 1. The number of hydrogen-bond acceptors (Lipinski definition) is 2. The molecular weight excluding hydrogens is 245 g/mol. The standard InChI is InChI=1S/C8H13ClO3.Zn/c1-3-4-5-8(9,6(2)10)7(11)12;/h3-5H2,1-2H3,(H,11,12);. The van der Waals surface area contributed by atoms with Crippen molar-refractivity contribution in [2.24, 2.45) is 0 Å². The number of carboxylic acid groups (broad SMARTS) is 1. The number of ketones is 1. The Morgan fingerprint density at radius 3 is 2.15 bits per heavy atom. The van der Waals surface area contributed by atoms with Crippen molar-refractivity contribution in [2.75, 3.05) is 0 Å². The zero-order chi connectivity index (χ0) is 9.78. The molecule has 0 radical (unpaired) electrons. The van der Waals surface area contributed by atoms with E-state index in [4.69, 9.17) is 16.7 Å². The van der Waals surface area contributed by atoms with E-state index in [2.05, 4.69) is 0 Å². The molecule has 5 heteroatoms. The van der Waals surface area contributed by atoms with Gasteiger partial charge in [0, 0.05) is 19.5 Å². The molecule has 3 nitrogen and oxygen atoms in total. The summed E-state index contributed by atoms with van der Waals surface area (Å²) in [4.78, 5) is 19.8. The summed E-state index contributed by atoms with van der Waals surface area (Å²) in [5, 5.41) is 8.68. The van der Waals surface area contributed by atoms with E-state index in [1.165, 1.54) is 6.92 Å². The maximum atomic E-state index is 10.9. The molecule has 0 rings (SSSR count). The van der Waals surface area contributed by atoms with E-state index in [1.54, 1.807) is 0 Å². The van der Waals surface area contributed by atoms with Gasteiger partial charge in [-0.3, -0.25) is 4.79 Å². The second kappa shape index (κ2) is 6.50. The molecule has 0 aromatic rings. The van der Waals surface area contributed by atoms with E-state index < -0.39 is 16.6 Å². The molecule has 1 atom stereocenters. The van der Waals surface area contributed by atoms with Crippen molar-refractivity contribution in [3.05, 3.63) is 0 Å². The summed E-state index contributed by atoms with van der Waals surface area (Å²) >= 11 is 5.64. The number of halogens is 1. The van der Waals surface area contributed by atoms with Crippen LogP contribution in [0.5, 0.6) is 0 Å². The molecule has 0 aliphatic carbocycles. The van der Waals surface area contributed by atoms with Crippen LogP contribution in [-0.2, 0) is 29.1 Å². The number of carbonyl (C=O) groups is 2. The number of hydrogen-bond donors (Lipinski definition) is 1. The molecule has 0 saturated heterocycles. The van der Waals surface area contributed by atoms with Gasteiger partial charge in [-0.1, -0.05) is 31.4 Å². The van der Waals surface area contributed by atoms with E-state index in [9.17, 15) is 9.59 Å². The minimum absolute atomic E-state index is 0. The topological polar surface area (TPSA) is 54.4 Å². The summed E-state index contributed by atoms with van der Waals surface area (Å²) in [5.41, 5.74) is 0. The largest absolute Gasteiger partial charge is 0.480 e. The Morgan fingerprint density at radius 1 is 1.46 bits per heavy atom. The number of carbonyl (C=O) groups excluding carboxylic acids is 1. The number of alkyl halides is 1. The van der Waals surface area contributed by atoms with Gasteiger partial charge in [-0.25, -0.2) is 4.79 Å². The van der Waals surface area contributed by atoms with Crippen LogP contribution in [0.1, 0.15) is 33.1 Å². The van der Waals surface area contributed by atoms with E-state index in [0.717, 1.165) is 6.42 Å². The van der Waals surface area contributed by atoms with Gasteiger partial charge in [-0.05, 0) is 13.3 Å². The first-order valence-electron chi connectivity index (χ1n) is 3.88. The molecule has 0 aromatic carbocycles. The Labute approximate surface area is 95.6 Å². The molecule has 0 heterocycles. The van der Waals surface area contributed by atoms with Gasteiger partial charge in [0.2, 0.25) is 0 Å². The minimum Gasteiger partial charge on any atom is -0.480 e. The number of rotatable bonds is 5. The third-order valence-corrected chi connectivity index (χ3v) is 2.39. The van der Waals surface area contributed by atoms with Crippen molar-refractivity contribution in [3.8, 4) is 0 Å². The van der Waals surface area contributed by atoms with Gasteiger partial charge in [0.1, 0.15) is 0 Å². The summed E-state index contributed by atoms with van der Waals surface area (Å²) in [6, 6.07) is 0. The van der Waals surface area contributed by atoms with Gasteiger partial charge >= 0.3 is 5.97 Å². The van der Waals surface area contributed by atoms with E-state index >= 15 is 0 Å². The maximum absolute atomic E-state index is 10.9. The van der Waals surface area contributed by atoms with Gasteiger partial charge in [0.25, 0.3) is 0 Å². The Morgan fingerprint density at radius 2 is 1.92 bits per heavy atom. The monoisotopic (exact) mass is 256 g/mol. The zero-order valence-electron chi connectivity index (χ0n) is 7.97. The first-order valence-corrected chi connectivity index (χ1v) is 4.26. The van der Waals surface area contributed by atoms with Crippen molar-refractivity contribution in [1.29, 1.82) is 0 Å². The maximum Gasteiger partial charge on any atom is 0.332 e. The van der Waals surface area contributed by atoms with Crippen LogP contribution >= 0.6 is 11.6 Å². The molecule has 0 fully saturated rings. The molecule has 0 bridgehead atoms. The molecule has 13 heavy (non-hydrogen) atoms. The van der Waals surface area contributed by atoms with Gasteiger partial charge < -0.3 is 5.11 Å². The van der Waals surface area contributed by atoms with Crippen molar-refractivity contribution in [3.63, 3.8) is 0 Å². The molecule has 1 N–H and O–H groups in total. The van der Waals surface area contributed by atoms with Crippen molar-refractivity contribution in [1.82, 2.24) is 0 Å². The normalized spacial score (nSPS) is 14.1. The van der Waals surface area contributed by atoms with Crippen LogP contribution in [0.4, 0.5) is 0 Å². The quantitative estimate of drug-likeness (QED) is 0.465. The first-order chi connectivity index (χ1) is 5.45. The third-order valence-electron chi connectivity index (χ3n) is 1.77. The smallest absolute Gasteiger partial charge is 0.332 e. The van der Waals surface area contributed by atoms with Gasteiger partial charge in [-0.15, -0.1) is 0 Å². The van der Waals surface area contributed by atoms with Gasteiger partial charge in [-0.2, -0.15) is 0 Å². The molecule has 0 aliphatic heterocycles. The first kappa shape index (κ1) is 15.5. The fourth-order valence-corrected chi connectivity index (χ4v) is 0.988. The molecule has 72 valence electrons. The Balaban J connectivity index is 0. The van der Waals surface area contributed by atoms with Gasteiger partial charge in [0.15, 0.2) is 10.7 Å². The van der Waals surface area contributed by atoms with Crippen LogP contribution < -0.4 is 0 Å². The Bertz CT molecular complexity index is 180. The van der Waals surface area contributed by atoms with Crippen molar-refractivity contribution >= 4 is 23.4 Å². The SMILES string of the molecule is CCCCC(Cl)(C(C)=O)C(=O)O.[Zn]. The average molecular weight is 258 g/mol. The Kier molecular flexibility index (Phi) is 7.76. The van der Waals surface area contributed by atoms with Crippen LogP contribution in [0.3, 0.4) is 0 Å². The molecule has 0 aliphatic rings. The number of carboxylic acids is 1. The average Bonchev–Trinajstić information content (AvgIpc) is 1.99. The van der Waals surface area contributed by atoms with Crippen LogP contribution in [0.2, 0.25) is 0 Å². The molecule has 0 spiro atoms. The van der Waals surface area contributed by atoms with E-state index in [0.29, 0.717) is 6.42 Å². The number of Topliss-reactive ketones (excluding diaryl/α,β-unsaturated/α-hetero) is 1. The van der Waals surface area contributed by atoms with Crippen molar-refractivity contribution in [2.45, 2.75) is 38.0 Å². The fraction of sp³-hybridized carbons (Fsp3) is 0.750. The predicted octanol–water partition coefficient (Wildman–Crippen LogP) is 1.83. The zero-order valence-corrected chi connectivity index (χ0v) is 11.7. The molecule has 0 amide bonds. The van der Waals surface area contributed by atoms with Crippen LogP contribution in [-0.4, -0.2) is 21.7 Å². The summed E-state index contributed by atoms with van der Waals surface area (Å²) in [6.07, 6.45) is 1.68. The summed E-state index contributed by atoms with van der Waals surface area (Å²) in [5.74, 6) is -1.74. The second-order valence-corrected chi connectivity index (χ2v) is 3.41. The third kappa shape index (κ3) is 4.19. The van der Waals surface area contributed by atoms with E-state index in [1.807, 2.05) is 6.92 Å². The summed E-state index contributed by atoms with van der Waals surface area (Å²) in [6.45, 7) is 3.12. The minimum atomic E-state index is -1.70. The summed E-state index contributed by atoms with van der Waals surface area (Å²) < 4.78 is 0. The second-order valence-electron chi connectivity index (χ2n) is 2.77. The van der Waals surface area contributed by atoms with Crippen molar-refractivity contribution < 1.29 is 34.2 Å². The van der Waals surface area contributed by atoms with Gasteiger partial charge in [0.05, 0.1) is 0 Å². The fourth-order valence-electron chi connectivity index (χ4n) is 0.854. The predicted molar refractivity (Wildman–Crippen MR) is 46.4 cm³/mol.